The third kappa shape index (κ3) is 4.00. The van der Waals surface area contributed by atoms with Gasteiger partial charge >= 0.3 is 0 Å². The minimum Gasteiger partial charge on any atom is -0.339 e. The minimum absolute atomic E-state index is 0.0564. The zero-order valence-electron chi connectivity index (χ0n) is 14.2. The molecule has 26 heavy (non-hydrogen) atoms. The first kappa shape index (κ1) is 17.5. The van der Waals surface area contributed by atoms with Crippen molar-refractivity contribution >= 4 is 23.1 Å². The van der Waals surface area contributed by atoms with Gasteiger partial charge in [-0.2, -0.15) is 0 Å². The Kier molecular flexibility index (Phi) is 4.88. The Balaban J connectivity index is 1.70. The summed E-state index contributed by atoms with van der Waals surface area (Å²) in [4.78, 5) is 12.1. The van der Waals surface area contributed by atoms with Gasteiger partial charge in [0.2, 0.25) is 0 Å². The lowest BCUT2D eigenvalue weighted by Crippen LogP contribution is -2.14. The minimum atomic E-state index is -1.04. The third-order valence-corrected chi connectivity index (χ3v) is 3.72. The van der Waals surface area contributed by atoms with Crippen LogP contribution in [0.2, 0.25) is 0 Å². The SMILES string of the molecule is Cc1ccc(Nc2ccc(C(=O)Nc3ccc(F)c(F)c3)nn2)c(C)c1. The zero-order valence-corrected chi connectivity index (χ0v) is 14.2. The summed E-state index contributed by atoms with van der Waals surface area (Å²) in [5, 5.41) is 13.4. The molecule has 0 aliphatic rings. The molecule has 0 saturated carbocycles. The van der Waals surface area contributed by atoms with E-state index in [4.69, 9.17) is 0 Å². The zero-order chi connectivity index (χ0) is 18.7. The summed E-state index contributed by atoms with van der Waals surface area (Å²) in [7, 11) is 0. The van der Waals surface area contributed by atoms with Gasteiger partial charge in [0.05, 0.1) is 0 Å². The number of hydrogen-bond acceptors (Lipinski definition) is 4. The highest BCUT2D eigenvalue weighted by molar-refractivity contribution is 6.02. The van der Waals surface area contributed by atoms with E-state index in [-0.39, 0.29) is 11.4 Å². The normalized spacial score (nSPS) is 10.5. The largest absolute Gasteiger partial charge is 0.339 e. The number of hydrogen-bond donors (Lipinski definition) is 2. The molecule has 7 heteroatoms. The fourth-order valence-electron chi connectivity index (χ4n) is 2.38. The van der Waals surface area contributed by atoms with Crippen molar-refractivity contribution in [1.82, 2.24) is 10.2 Å². The van der Waals surface area contributed by atoms with Crippen LogP contribution in [0.15, 0.2) is 48.5 Å². The maximum Gasteiger partial charge on any atom is 0.276 e. The summed E-state index contributed by atoms with van der Waals surface area (Å²) in [5.41, 5.74) is 3.30. The Hall–Kier alpha value is -3.35. The van der Waals surface area contributed by atoms with Crippen molar-refractivity contribution in [2.75, 3.05) is 10.6 Å². The molecule has 132 valence electrons. The van der Waals surface area contributed by atoms with Gasteiger partial charge in [-0.15, -0.1) is 10.2 Å². The van der Waals surface area contributed by atoms with Crippen molar-refractivity contribution in [2.45, 2.75) is 13.8 Å². The second-order valence-corrected chi connectivity index (χ2v) is 5.83. The van der Waals surface area contributed by atoms with E-state index in [1.807, 2.05) is 32.0 Å². The summed E-state index contributed by atoms with van der Waals surface area (Å²) in [6.45, 7) is 3.99. The Bertz CT molecular complexity index is 958. The van der Waals surface area contributed by atoms with Gasteiger partial charge in [-0.05, 0) is 49.7 Å². The Morgan fingerprint density at radius 1 is 0.923 bits per heavy atom. The van der Waals surface area contributed by atoms with Crippen LogP contribution < -0.4 is 10.6 Å². The highest BCUT2D eigenvalue weighted by atomic mass is 19.2. The molecule has 3 rings (SSSR count). The lowest BCUT2D eigenvalue weighted by Gasteiger charge is -2.09. The molecule has 0 aliphatic heterocycles. The number of amides is 1. The van der Waals surface area contributed by atoms with E-state index in [1.54, 1.807) is 6.07 Å². The van der Waals surface area contributed by atoms with Crippen molar-refractivity contribution < 1.29 is 13.6 Å². The van der Waals surface area contributed by atoms with Gasteiger partial charge in [-0.25, -0.2) is 8.78 Å². The van der Waals surface area contributed by atoms with Crippen LogP contribution in [0.25, 0.3) is 0 Å². The second kappa shape index (κ2) is 7.26. The quantitative estimate of drug-likeness (QED) is 0.730. The number of carbonyl (C=O) groups is 1. The maximum atomic E-state index is 13.2. The molecule has 0 fully saturated rings. The monoisotopic (exact) mass is 354 g/mol. The van der Waals surface area contributed by atoms with E-state index in [0.717, 1.165) is 28.9 Å². The predicted octanol–water partition coefficient (Wildman–Crippen LogP) is 4.37. The molecule has 0 spiro atoms. The molecule has 0 aliphatic carbocycles. The van der Waals surface area contributed by atoms with Crippen LogP contribution >= 0.6 is 0 Å². The molecule has 2 aromatic carbocycles. The van der Waals surface area contributed by atoms with Gasteiger partial charge in [-0.3, -0.25) is 4.79 Å². The van der Waals surface area contributed by atoms with Gasteiger partial charge in [0.1, 0.15) is 0 Å². The summed E-state index contributed by atoms with van der Waals surface area (Å²) in [5.74, 6) is -2.10. The van der Waals surface area contributed by atoms with Crippen molar-refractivity contribution in [2.24, 2.45) is 0 Å². The molecule has 0 bridgehead atoms. The van der Waals surface area contributed by atoms with E-state index < -0.39 is 17.5 Å². The number of halogens is 2. The van der Waals surface area contributed by atoms with E-state index in [2.05, 4.69) is 20.8 Å². The van der Waals surface area contributed by atoms with Crippen molar-refractivity contribution in [3.8, 4) is 0 Å². The smallest absolute Gasteiger partial charge is 0.276 e. The van der Waals surface area contributed by atoms with Crippen LogP contribution in [-0.2, 0) is 0 Å². The molecular weight excluding hydrogens is 338 g/mol. The number of anilines is 3. The molecule has 0 atom stereocenters. The van der Waals surface area contributed by atoms with E-state index in [0.29, 0.717) is 5.82 Å². The predicted molar refractivity (Wildman–Crippen MR) is 95.5 cm³/mol. The van der Waals surface area contributed by atoms with Crippen LogP contribution in [0, 0.1) is 25.5 Å². The molecule has 3 aromatic rings. The van der Waals surface area contributed by atoms with Crippen molar-refractivity contribution in [3.05, 3.63) is 77.0 Å². The number of benzene rings is 2. The summed E-state index contributed by atoms with van der Waals surface area (Å²) >= 11 is 0. The van der Waals surface area contributed by atoms with Crippen LogP contribution in [-0.4, -0.2) is 16.1 Å². The molecule has 0 radical (unpaired) electrons. The number of nitrogens with zero attached hydrogens (tertiary/aromatic N) is 2. The number of aryl methyl sites for hydroxylation is 2. The molecule has 1 aromatic heterocycles. The first-order chi connectivity index (χ1) is 12.4. The van der Waals surface area contributed by atoms with Gasteiger partial charge in [0.15, 0.2) is 23.1 Å². The Morgan fingerprint density at radius 3 is 2.38 bits per heavy atom. The average molecular weight is 354 g/mol. The van der Waals surface area contributed by atoms with Crippen LogP contribution in [0.3, 0.4) is 0 Å². The summed E-state index contributed by atoms with van der Waals surface area (Å²) in [6.07, 6.45) is 0. The molecule has 1 heterocycles. The Morgan fingerprint density at radius 2 is 1.73 bits per heavy atom. The highest BCUT2D eigenvalue weighted by Gasteiger charge is 2.11. The first-order valence-corrected chi connectivity index (χ1v) is 7.87. The van der Waals surface area contributed by atoms with Crippen LogP contribution in [0.4, 0.5) is 26.0 Å². The molecular formula is C19H16F2N4O. The van der Waals surface area contributed by atoms with Crippen molar-refractivity contribution in [3.63, 3.8) is 0 Å². The van der Waals surface area contributed by atoms with Gasteiger partial charge in [-0.1, -0.05) is 17.7 Å². The highest BCUT2D eigenvalue weighted by Crippen LogP contribution is 2.20. The average Bonchev–Trinajstić information content (AvgIpc) is 2.61. The van der Waals surface area contributed by atoms with Crippen LogP contribution in [0.1, 0.15) is 21.6 Å². The summed E-state index contributed by atoms with van der Waals surface area (Å²) < 4.78 is 26.1. The van der Waals surface area contributed by atoms with Gasteiger partial charge in [0.25, 0.3) is 5.91 Å². The fourth-order valence-corrected chi connectivity index (χ4v) is 2.38. The molecule has 5 nitrogen and oxygen atoms in total. The number of nitrogens with one attached hydrogen (secondary N) is 2. The van der Waals surface area contributed by atoms with E-state index >= 15 is 0 Å². The van der Waals surface area contributed by atoms with Gasteiger partial charge < -0.3 is 10.6 Å². The number of carbonyl (C=O) groups excluding carboxylic acids is 1. The topological polar surface area (TPSA) is 66.9 Å². The Labute approximate surface area is 149 Å². The summed E-state index contributed by atoms with van der Waals surface area (Å²) in [6, 6.07) is 12.2. The van der Waals surface area contributed by atoms with E-state index in [1.165, 1.54) is 12.1 Å². The standard InChI is InChI=1S/C19H16F2N4O/c1-11-3-6-16(12(2)9-11)23-18-8-7-17(24-25-18)19(26)22-13-4-5-14(20)15(21)10-13/h3-10H,1-2H3,(H,22,26)(H,23,25). The van der Waals surface area contributed by atoms with Crippen LogP contribution in [0.5, 0.6) is 0 Å². The molecule has 2 N–H and O–H groups in total. The second-order valence-electron chi connectivity index (χ2n) is 5.83. The molecule has 0 saturated heterocycles. The first-order valence-electron chi connectivity index (χ1n) is 7.87. The van der Waals surface area contributed by atoms with E-state index in [9.17, 15) is 13.6 Å². The number of aromatic nitrogens is 2. The number of rotatable bonds is 4. The third-order valence-electron chi connectivity index (χ3n) is 3.72. The fraction of sp³-hybridized carbons (Fsp3) is 0.105. The lowest BCUT2D eigenvalue weighted by atomic mass is 10.1. The lowest BCUT2D eigenvalue weighted by molar-refractivity contribution is 0.102. The molecule has 1 amide bonds. The maximum absolute atomic E-state index is 13.2. The molecule has 0 unspecified atom stereocenters. The van der Waals surface area contributed by atoms with Crippen molar-refractivity contribution in [1.29, 1.82) is 0 Å². The van der Waals surface area contributed by atoms with Gasteiger partial charge in [0, 0.05) is 17.4 Å².